The number of carbonyl (C=O) groups excluding carboxylic acids is 1. The van der Waals surface area contributed by atoms with Crippen LogP contribution in [-0.2, 0) is 31.0 Å². The van der Waals surface area contributed by atoms with Gasteiger partial charge in [-0.05, 0) is 0 Å². The van der Waals surface area contributed by atoms with Gasteiger partial charge in [-0.25, -0.2) is 4.68 Å². The normalized spacial score (nSPS) is 11.4. The van der Waals surface area contributed by atoms with Gasteiger partial charge in [0, 0.05) is 24.0 Å². The van der Waals surface area contributed by atoms with Gasteiger partial charge in [-0.2, -0.15) is 0 Å². The van der Waals surface area contributed by atoms with Gasteiger partial charge in [0.1, 0.15) is 5.78 Å². The van der Waals surface area contributed by atoms with E-state index in [2.05, 4.69) is 31.1 Å². The van der Waals surface area contributed by atoms with Gasteiger partial charge < -0.3 is 14.2 Å². The van der Waals surface area contributed by atoms with Crippen molar-refractivity contribution in [3.63, 3.8) is 0 Å². The SMILES string of the molecule is CC.CC(C)C(=O)CCOCCOCCOCCn1cc(C(C)(C)C)nn1. The molecule has 1 aromatic rings. The van der Waals surface area contributed by atoms with Crippen molar-refractivity contribution >= 4 is 5.78 Å². The standard InChI is InChI=1S/C18H33N3O4.C2H6/c1-15(2)16(22)6-8-23-10-12-25-13-11-24-9-7-21-14-17(19-20-21)18(3,4)5;1-2/h14-15H,6-13H2,1-5H3;1-2H3. The van der Waals surface area contributed by atoms with Crippen molar-refractivity contribution in [3.8, 4) is 0 Å². The maximum Gasteiger partial charge on any atom is 0.137 e. The first-order valence-corrected chi connectivity index (χ1v) is 9.97. The fraction of sp³-hybridized carbons (Fsp3) is 0.850. The number of ketones is 1. The lowest BCUT2D eigenvalue weighted by Crippen LogP contribution is -2.14. The molecule has 0 saturated heterocycles. The second-order valence-electron chi connectivity index (χ2n) is 7.32. The van der Waals surface area contributed by atoms with E-state index >= 15 is 0 Å². The highest BCUT2D eigenvalue weighted by molar-refractivity contribution is 5.80. The zero-order valence-corrected chi connectivity index (χ0v) is 18.3. The first-order valence-electron chi connectivity index (χ1n) is 9.97. The highest BCUT2D eigenvalue weighted by atomic mass is 16.5. The maximum absolute atomic E-state index is 11.4. The Bertz CT molecular complexity index is 496. The van der Waals surface area contributed by atoms with Gasteiger partial charge in [-0.3, -0.25) is 4.79 Å². The van der Waals surface area contributed by atoms with Crippen molar-refractivity contribution in [2.45, 2.75) is 66.8 Å². The molecular formula is C20H39N3O4. The van der Waals surface area contributed by atoms with Crippen LogP contribution in [0.5, 0.6) is 0 Å². The maximum atomic E-state index is 11.4. The molecule has 0 aliphatic rings. The first-order chi connectivity index (χ1) is 12.8. The van der Waals surface area contributed by atoms with Gasteiger partial charge in [0.2, 0.25) is 0 Å². The minimum Gasteiger partial charge on any atom is -0.379 e. The third-order valence-electron chi connectivity index (χ3n) is 3.65. The number of rotatable bonds is 13. The van der Waals surface area contributed by atoms with Crippen molar-refractivity contribution in [1.82, 2.24) is 15.0 Å². The molecule has 0 amide bonds. The number of aromatic nitrogens is 3. The van der Waals surface area contributed by atoms with Crippen LogP contribution >= 0.6 is 0 Å². The lowest BCUT2D eigenvalue weighted by Gasteiger charge is -2.12. The van der Waals surface area contributed by atoms with Crippen LogP contribution in [0.15, 0.2) is 6.20 Å². The Morgan fingerprint density at radius 1 is 1.00 bits per heavy atom. The second-order valence-corrected chi connectivity index (χ2v) is 7.32. The van der Waals surface area contributed by atoms with Crippen LogP contribution in [0.4, 0.5) is 0 Å². The molecule has 0 spiro atoms. The van der Waals surface area contributed by atoms with Crippen LogP contribution in [0.2, 0.25) is 0 Å². The smallest absolute Gasteiger partial charge is 0.137 e. The monoisotopic (exact) mass is 385 g/mol. The molecular weight excluding hydrogens is 346 g/mol. The fourth-order valence-electron chi connectivity index (χ4n) is 1.91. The summed E-state index contributed by atoms with van der Waals surface area (Å²) in [6.07, 6.45) is 2.43. The van der Waals surface area contributed by atoms with Crippen molar-refractivity contribution in [2.24, 2.45) is 5.92 Å². The minimum absolute atomic E-state index is 0.0110. The largest absolute Gasteiger partial charge is 0.379 e. The third kappa shape index (κ3) is 12.7. The first kappa shape index (κ1) is 25.7. The molecule has 27 heavy (non-hydrogen) atoms. The second kappa shape index (κ2) is 14.7. The number of carbonyl (C=O) groups is 1. The van der Waals surface area contributed by atoms with Gasteiger partial charge >= 0.3 is 0 Å². The van der Waals surface area contributed by atoms with Gasteiger partial charge in [-0.15, -0.1) is 5.10 Å². The predicted molar refractivity (Wildman–Crippen MR) is 107 cm³/mol. The molecule has 0 aliphatic carbocycles. The lowest BCUT2D eigenvalue weighted by molar-refractivity contribution is -0.123. The molecule has 0 fully saturated rings. The quantitative estimate of drug-likeness (QED) is 0.485. The molecule has 7 nitrogen and oxygen atoms in total. The van der Waals surface area contributed by atoms with E-state index in [1.807, 2.05) is 33.9 Å². The molecule has 0 radical (unpaired) electrons. The Kier molecular flexibility index (Phi) is 14.0. The van der Waals surface area contributed by atoms with E-state index in [4.69, 9.17) is 14.2 Å². The van der Waals surface area contributed by atoms with Crippen molar-refractivity contribution in [2.75, 3.05) is 39.6 Å². The predicted octanol–water partition coefficient (Wildman–Crippen LogP) is 3.27. The Balaban J connectivity index is 0.00000326. The van der Waals surface area contributed by atoms with Crippen LogP contribution in [0, 0.1) is 5.92 Å². The summed E-state index contributed by atoms with van der Waals surface area (Å²) < 4.78 is 18.1. The van der Waals surface area contributed by atoms with Gasteiger partial charge in [-0.1, -0.05) is 53.7 Å². The van der Waals surface area contributed by atoms with E-state index in [-0.39, 0.29) is 17.1 Å². The molecule has 1 aromatic heterocycles. The topological polar surface area (TPSA) is 75.5 Å². The van der Waals surface area contributed by atoms with Crippen molar-refractivity contribution < 1.29 is 19.0 Å². The van der Waals surface area contributed by atoms with E-state index in [9.17, 15) is 4.79 Å². The van der Waals surface area contributed by atoms with Gasteiger partial charge in [0.25, 0.3) is 0 Å². The zero-order valence-electron chi connectivity index (χ0n) is 18.3. The van der Waals surface area contributed by atoms with E-state index in [1.54, 1.807) is 4.68 Å². The van der Waals surface area contributed by atoms with E-state index in [0.717, 1.165) is 5.69 Å². The molecule has 0 saturated carbocycles. The average molecular weight is 386 g/mol. The molecule has 0 bridgehead atoms. The third-order valence-corrected chi connectivity index (χ3v) is 3.65. The summed E-state index contributed by atoms with van der Waals surface area (Å²) in [5, 5.41) is 8.27. The molecule has 158 valence electrons. The van der Waals surface area contributed by atoms with E-state index in [0.29, 0.717) is 52.6 Å². The molecule has 0 N–H and O–H groups in total. The number of ether oxygens (including phenoxy) is 3. The van der Waals surface area contributed by atoms with E-state index < -0.39 is 0 Å². The van der Waals surface area contributed by atoms with Crippen LogP contribution < -0.4 is 0 Å². The summed E-state index contributed by atoms with van der Waals surface area (Å²) in [6, 6.07) is 0. The Morgan fingerprint density at radius 3 is 2.00 bits per heavy atom. The van der Waals surface area contributed by atoms with Crippen molar-refractivity contribution in [1.29, 1.82) is 0 Å². The number of hydrogen-bond donors (Lipinski definition) is 0. The summed E-state index contributed by atoms with van der Waals surface area (Å²) in [7, 11) is 0. The Labute approximate surface area is 164 Å². The Hall–Kier alpha value is -1.31. The highest BCUT2D eigenvalue weighted by Gasteiger charge is 2.17. The van der Waals surface area contributed by atoms with Crippen LogP contribution in [-0.4, -0.2) is 60.4 Å². The molecule has 0 aromatic carbocycles. The van der Waals surface area contributed by atoms with Crippen LogP contribution in [0.1, 0.15) is 60.6 Å². The summed E-state index contributed by atoms with van der Waals surface area (Å²) in [4.78, 5) is 11.4. The molecule has 1 heterocycles. The average Bonchev–Trinajstić information content (AvgIpc) is 3.10. The van der Waals surface area contributed by atoms with Crippen LogP contribution in [0.3, 0.4) is 0 Å². The molecule has 7 heteroatoms. The fourth-order valence-corrected chi connectivity index (χ4v) is 1.91. The Morgan fingerprint density at radius 2 is 1.52 bits per heavy atom. The summed E-state index contributed by atoms with van der Waals surface area (Å²) >= 11 is 0. The summed E-state index contributed by atoms with van der Waals surface area (Å²) in [5.41, 5.74) is 0.989. The molecule has 0 aliphatic heterocycles. The number of Topliss-reactive ketones (excluding diaryl/α,β-unsaturated/α-hetero) is 1. The zero-order chi connectivity index (χ0) is 20.7. The summed E-state index contributed by atoms with van der Waals surface area (Å²) in [6.45, 7) is 17.9. The molecule has 1 rings (SSSR count). The van der Waals surface area contributed by atoms with Crippen LogP contribution in [0.25, 0.3) is 0 Å². The highest BCUT2D eigenvalue weighted by Crippen LogP contribution is 2.18. The number of hydrogen-bond acceptors (Lipinski definition) is 6. The molecule has 0 atom stereocenters. The minimum atomic E-state index is 0.0110. The van der Waals surface area contributed by atoms with Crippen molar-refractivity contribution in [3.05, 3.63) is 11.9 Å². The number of nitrogens with zero attached hydrogens (tertiary/aromatic N) is 3. The van der Waals surface area contributed by atoms with E-state index in [1.165, 1.54) is 0 Å². The van der Waals surface area contributed by atoms with Gasteiger partial charge in [0.05, 0.1) is 51.9 Å². The molecule has 0 unspecified atom stereocenters. The lowest BCUT2D eigenvalue weighted by atomic mass is 9.93. The summed E-state index contributed by atoms with van der Waals surface area (Å²) in [5.74, 6) is 0.311. The van der Waals surface area contributed by atoms with Gasteiger partial charge in [0.15, 0.2) is 0 Å².